The Hall–Kier alpha value is -1.59. The largest absolute Gasteiger partial charge is 0.462 e. The number of esters is 3. The molecule has 0 aromatic carbocycles. The maximum absolute atomic E-state index is 12.9. The molecule has 398 valence electrons. The zero-order chi connectivity index (χ0) is 48.9. The van der Waals surface area contributed by atoms with Crippen LogP contribution in [-0.4, -0.2) is 37.2 Å². The molecule has 6 heteroatoms. The third kappa shape index (κ3) is 55.2. The molecule has 0 aliphatic heterocycles. The van der Waals surface area contributed by atoms with Gasteiger partial charge in [0.15, 0.2) is 6.10 Å². The molecule has 0 radical (unpaired) electrons. The fourth-order valence-electron chi connectivity index (χ4n) is 9.40. The topological polar surface area (TPSA) is 78.9 Å². The standard InChI is InChI=1S/C61H118O6/c1-6-7-8-9-10-11-31-36-41-46-51-59(62)65-54-58(67-61(64)53-48-43-38-33-28-24-20-16-18-22-26-30-35-40-45-50-57(4)5)55-66-60(63)52-47-42-37-32-27-23-19-15-13-12-14-17-21-25-29-34-39-44-49-56(2)3/h56-58H,6-55H2,1-5H3/t58-/m1/s1. The molecule has 67 heavy (non-hydrogen) atoms. The van der Waals surface area contributed by atoms with Gasteiger partial charge in [-0.05, 0) is 31.1 Å². The molecule has 0 spiro atoms. The Labute approximate surface area is 418 Å². The van der Waals surface area contributed by atoms with Gasteiger partial charge in [0.05, 0.1) is 0 Å². The number of hydrogen-bond acceptors (Lipinski definition) is 6. The summed E-state index contributed by atoms with van der Waals surface area (Å²) in [7, 11) is 0. The second-order valence-corrected chi connectivity index (χ2v) is 21.9. The minimum atomic E-state index is -0.762. The zero-order valence-electron chi connectivity index (χ0n) is 46.0. The normalized spacial score (nSPS) is 12.0. The van der Waals surface area contributed by atoms with E-state index < -0.39 is 6.10 Å². The van der Waals surface area contributed by atoms with Crippen LogP contribution in [0.5, 0.6) is 0 Å². The molecule has 0 N–H and O–H groups in total. The molecule has 0 saturated heterocycles. The Balaban J connectivity index is 4.20. The van der Waals surface area contributed by atoms with Gasteiger partial charge in [-0.3, -0.25) is 14.4 Å². The average Bonchev–Trinajstić information content (AvgIpc) is 3.30. The van der Waals surface area contributed by atoms with E-state index in [1.807, 2.05) is 0 Å². The molecule has 0 amide bonds. The predicted octanol–water partition coefficient (Wildman–Crippen LogP) is 20.0. The number of rotatable bonds is 55. The van der Waals surface area contributed by atoms with Crippen LogP contribution in [-0.2, 0) is 28.6 Å². The molecule has 0 unspecified atom stereocenters. The highest BCUT2D eigenvalue weighted by molar-refractivity contribution is 5.71. The zero-order valence-corrected chi connectivity index (χ0v) is 46.0. The molecule has 0 rings (SSSR count). The minimum absolute atomic E-state index is 0.0623. The number of hydrogen-bond donors (Lipinski definition) is 0. The molecule has 6 nitrogen and oxygen atoms in total. The van der Waals surface area contributed by atoms with Gasteiger partial charge >= 0.3 is 17.9 Å². The highest BCUT2D eigenvalue weighted by Gasteiger charge is 2.19. The van der Waals surface area contributed by atoms with Gasteiger partial charge in [-0.2, -0.15) is 0 Å². The van der Waals surface area contributed by atoms with Crippen molar-refractivity contribution in [2.75, 3.05) is 13.2 Å². The molecule has 0 fully saturated rings. The van der Waals surface area contributed by atoms with Crippen molar-refractivity contribution >= 4 is 17.9 Å². The van der Waals surface area contributed by atoms with Crippen molar-refractivity contribution in [1.82, 2.24) is 0 Å². The Morgan fingerprint density at radius 2 is 0.493 bits per heavy atom. The molecule has 0 aliphatic carbocycles. The fraction of sp³-hybridized carbons (Fsp3) is 0.951. The minimum Gasteiger partial charge on any atom is -0.462 e. The van der Waals surface area contributed by atoms with E-state index in [1.165, 1.54) is 231 Å². The summed E-state index contributed by atoms with van der Waals surface area (Å²) in [4.78, 5) is 38.1. The second-order valence-electron chi connectivity index (χ2n) is 21.9. The van der Waals surface area contributed by atoms with Crippen LogP contribution in [0.3, 0.4) is 0 Å². The monoisotopic (exact) mass is 947 g/mol. The highest BCUT2D eigenvalue weighted by Crippen LogP contribution is 2.19. The van der Waals surface area contributed by atoms with Crippen LogP contribution in [0, 0.1) is 11.8 Å². The summed E-state index contributed by atoms with van der Waals surface area (Å²) in [5.41, 5.74) is 0. The van der Waals surface area contributed by atoms with E-state index in [0.717, 1.165) is 69.6 Å². The van der Waals surface area contributed by atoms with Gasteiger partial charge in [-0.25, -0.2) is 0 Å². The lowest BCUT2D eigenvalue weighted by atomic mass is 10.0. The first-order chi connectivity index (χ1) is 32.7. The fourth-order valence-corrected chi connectivity index (χ4v) is 9.40. The summed E-state index contributed by atoms with van der Waals surface area (Å²) in [5, 5.41) is 0. The lowest BCUT2D eigenvalue weighted by Crippen LogP contribution is -2.30. The molecular formula is C61H118O6. The van der Waals surface area contributed by atoms with E-state index in [0.29, 0.717) is 19.3 Å². The lowest BCUT2D eigenvalue weighted by molar-refractivity contribution is -0.167. The van der Waals surface area contributed by atoms with Crippen LogP contribution in [0.25, 0.3) is 0 Å². The molecule has 0 aromatic heterocycles. The average molecular weight is 948 g/mol. The van der Waals surface area contributed by atoms with E-state index in [2.05, 4.69) is 34.6 Å². The number of ether oxygens (including phenoxy) is 3. The first-order valence-corrected chi connectivity index (χ1v) is 30.2. The van der Waals surface area contributed by atoms with Crippen LogP contribution in [0.2, 0.25) is 0 Å². The molecule has 1 atom stereocenters. The Bertz CT molecular complexity index is 1020. The van der Waals surface area contributed by atoms with E-state index in [4.69, 9.17) is 14.2 Å². The van der Waals surface area contributed by atoms with Gasteiger partial charge in [-0.1, -0.05) is 304 Å². The summed E-state index contributed by atoms with van der Waals surface area (Å²) in [6, 6.07) is 0. The lowest BCUT2D eigenvalue weighted by Gasteiger charge is -2.18. The summed E-state index contributed by atoms with van der Waals surface area (Å²) in [6.07, 6.45) is 58.2. The van der Waals surface area contributed by atoms with Crippen molar-refractivity contribution in [3.05, 3.63) is 0 Å². The van der Waals surface area contributed by atoms with Gasteiger partial charge < -0.3 is 14.2 Å². The Kier molecular flexibility index (Phi) is 52.5. The van der Waals surface area contributed by atoms with Gasteiger partial charge in [0.1, 0.15) is 13.2 Å². The van der Waals surface area contributed by atoms with Crippen molar-refractivity contribution in [1.29, 1.82) is 0 Å². The van der Waals surface area contributed by atoms with E-state index >= 15 is 0 Å². The number of carbonyl (C=O) groups is 3. The highest BCUT2D eigenvalue weighted by atomic mass is 16.6. The first-order valence-electron chi connectivity index (χ1n) is 30.2. The molecule has 0 heterocycles. The number of unbranched alkanes of at least 4 members (excludes halogenated alkanes) is 40. The Morgan fingerprint density at radius 3 is 0.731 bits per heavy atom. The van der Waals surface area contributed by atoms with E-state index in [9.17, 15) is 14.4 Å². The van der Waals surface area contributed by atoms with Crippen LogP contribution in [0.1, 0.15) is 343 Å². The molecule has 0 saturated carbocycles. The third-order valence-corrected chi connectivity index (χ3v) is 14.0. The van der Waals surface area contributed by atoms with Crippen molar-refractivity contribution in [3.8, 4) is 0 Å². The molecular weight excluding hydrogens is 829 g/mol. The van der Waals surface area contributed by atoms with Crippen molar-refractivity contribution in [2.45, 2.75) is 349 Å². The van der Waals surface area contributed by atoms with Crippen LogP contribution < -0.4 is 0 Å². The van der Waals surface area contributed by atoms with Gasteiger partial charge in [-0.15, -0.1) is 0 Å². The predicted molar refractivity (Wildman–Crippen MR) is 289 cm³/mol. The second kappa shape index (κ2) is 53.8. The summed E-state index contributed by atoms with van der Waals surface area (Å²) < 4.78 is 16.9. The van der Waals surface area contributed by atoms with E-state index in [-0.39, 0.29) is 31.1 Å². The van der Waals surface area contributed by atoms with Crippen molar-refractivity contribution < 1.29 is 28.6 Å². The summed E-state index contributed by atoms with van der Waals surface area (Å²) in [5.74, 6) is 0.870. The van der Waals surface area contributed by atoms with Crippen LogP contribution >= 0.6 is 0 Å². The van der Waals surface area contributed by atoms with Crippen LogP contribution in [0.4, 0.5) is 0 Å². The Morgan fingerprint density at radius 1 is 0.284 bits per heavy atom. The third-order valence-electron chi connectivity index (χ3n) is 14.0. The maximum atomic E-state index is 12.9. The SMILES string of the molecule is CCCCCCCCCCCCC(=O)OC[C@H](COC(=O)CCCCCCCCCCCCCCCCCCCCC(C)C)OC(=O)CCCCCCCCCCCCCCCCCC(C)C. The van der Waals surface area contributed by atoms with Crippen molar-refractivity contribution in [2.24, 2.45) is 11.8 Å². The quantitative estimate of drug-likeness (QED) is 0.0343. The molecule has 0 bridgehead atoms. The molecule has 0 aromatic rings. The maximum Gasteiger partial charge on any atom is 0.306 e. The smallest absolute Gasteiger partial charge is 0.306 e. The summed E-state index contributed by atoms with van der Waals surface area (Å²) in [6.45, 7) is 11.4. The van der Waals surface area contributed by atoms with E-state index in [1.54, 1.807) is 0 Å². The molecule has 0 aliphatic rings. The van der Waals surface area contributed by atoms with Crippen molar-refractivity contribution in [3.63, 3.8) is 0 Å². The van der Waals surface area contributed by atoms with Gasteiger partial charge in [0, 0.05) is 19.3 Å². The van der Waals surface area contributed by atoms with Gasteiger partial charge in [0.25, 0.3) is 0 Å². The van der Waals surface area contributed by atoms with Gasteiger partial charge in [0.2, 0.25) is 0 Å². The first kappa shape index (κ1) is 65.4. The number of carbonyl (C=O) groups excluding carboxylic acids is 3. The summed E-state index contributed by atoms with van der Waals surface area (Å²) >= 11 is 0. The van der Waals surface area contributed by atoms with Crippen LogP contribution in [0.15, 0.2) is 0 Å².